The van der Waals surface area contributed by atoms with E-state index in [1.54, 1.807) is 20.8 Å². The second kappa shape index (κ2) is 9.60. The fourth-order valence-electron chi connectivity index (χ4n) is 2.54. The number of nitrogens with one attached hydrogen (secondary N) is 3. The van der Waals surface area contributed by atoms with Crippen molar-refractivity contribution in [1.82, 2.24) is 16.0 Å². The molecule has 0 spiro atoms. The van der Waals surface area contributed by atoms with Gasteiger partial charge in [0.15, 0.2) is 0 Å². The highest BCUT2D eigenvalue weighted by Gasteiger charge is 2.29. The zero-order chi connectivity index (χ0) is 19.0. The van der Waals surface area contributed by atoms with Crippen LogP contribution in [0.15, 0.2) is 5.16 Å². The number of piperidine rings is 1. The normalized spacial score (nSPS) is 20.9. The molecule has 8 heteroatoms. The van der Waals surface area contributed by atoms with E-state index < -0.39 is 17.7 Å². The molecule has 3 N–H and O–H groups in total. The molecule has 0 aromatic heterocycles. The van der Waals surface area contributed by atoms with E-state index in [4.69, 9.17) is 9.57 Å². The van der Waals surface area contributed by atoms with Crippen LogP contribution in [0.1, 0.15) is 47.5 Å². The van der Waals surface area contributed by atoms with Crippen molar-refractivity contribution in [3.05, 3.63) is 0 Å². The second-order valence-electron chi connectivity index (χ2n) is 7.61. The summed E-state index contributed by atoms with van der Waals surface area (Å²) in [4.78, 5) is 29.6. The Bertz CT molecular complexity index is 486. The van der Waals surface area contributed by atoms with Crippen LogP contribution in [0, 0.1) is 5.92 Å². The van der Waals surface area contributed by atoms with E-state index in [9.17, 15) is 9.59 Å². The predicted molar refractivity (Wildman–Crippen MR) is 96.5 cm³/mol. The van der Waals surface area contributed by atoms with Crippen LogP contribution >= 0.6 is 0 Å². The lowest BCUT2D eigenvalue weighted by molar-refractivity contribution is -0.123. The van der Waals surface area contributed by atoms with E-state index in [0.29, 0.717) is 19.4 Å². The number of amides is 2. The SMILES string of the molecule is CON=C1CCNCC1NC(=O)[C@H](CC(C)C)NC(=O)OC(C)(C)C. The van der Waals surface area contributed by atoms with Crippen LogP contribution in [0.25, 0.3) is 0 Å². The predicted octanol–water partition coefficient (Wildman–Crippen LogP) is 1.41. The van der Waals surface area contributed by atoms with Gasteiger partial charge >= 0.3 is 6.09 Å². The fourth-order valence-corrected chi connectivity index (χ4v) is 2.54. The highest BCUT2D eigenvalue weighted by Crippen LogP contribution is 2.10. The molecule has 1 aliphatic rings. The van der Waals surface area contributed by atoms with Crippen LogP contribution in [0.4, 0.5) is 4.79 Å². The van der Waals surface area contributed by atoms with Gasteiger partial charge in [-0.3, -0.25) is 4.79 Å². The number of ether oxygens (including phenoxy) is 1. The van der Waals surface area contributed by atoms with E-state index in [0.717, 1.165) is 12.3 Å². The molecule has 1 aliphatic heterocycles. The molecule has 0 aromatic carbocycles. The first-order chi connectivity index (χ1) is 11.6. The Morgan fingerprint density at radius 3 is 2.60 bits per heavy atom. The molecule has 1 fully saturated rings. The summed E-state index contributed by atoms with van der Waals surface area (Å²) in [5.41, 5.74) is 0.171. The molecule has 0 radical (unpaired) electrons. The number of carbonyl (C=O) groups is 2. The molecule has 25 heavy (non-hydrogen) atoms. The minimum absolute atomic E-state index is 0.238. The molecule has 0 aromatic rings. The largest absolute Gasteiger partial charge is 0.444 e. The van der Waals surface area contributed by atoms with E-state index in [1.807, 2.05) is 13.8 Å². The summed E-state index contributed by atoms with van der Waals surface area (Å²) in [7, 11) is 1.49. The number of rotatable bonds is 6. The second-order valence-corrected chi connectivity index (χ2v) is 7.61. The van der Waals surface area contributed by atoms with Crippen LogP contribution in [-0.4, -0.2) is 55.6 Å². The van der Waals surface area contributed by atoms with Crippen molar-refractivity contribution in [3.63, 3.8) is 0 Å². The van der Waals surface area contributed by atoms with Crippen LogP contribution < -0.4 is 16.0 Å². The lowest BCUT2D eigenvalue weighted by Crippen LogP contribution is -2.57. The maximum atomic E-state index is 12.7. The highest BCUT2D eigenvalue weighted by atomic mass is 16.6. The quantitative estimate of drug-likeness (QED) is 0.625. The number of nitrogens with zero attached hydrogens (tertiary/aromatic N) is 1. The fraction of sp³-hybridized carbons (Fsp3) is 0.824. The monoisotopic (exact) mass is 356 g/mol. The molecular weight excluding hydrogens is 324 g/mol. The Balaban J connectivity index is 2.75. The first-order valence-electron chi connectivity index (χ1n) is 8.73. The first-order valence-corrected chi connectivity index (χ1v) is 8.73. The van der Waals surface area contributed by atoms with Gasteiger partial charge in [0.25, 0.3) is 0 Å². The smallest absolute Gasteiger partial charge is 0.408 e. The van der Waals surface area contributed by atoms with Gasteiger partial charge in [-0.1, -0.05) is 19.0 Å². The highest BCUT2D eigenvalue weighted by molar-refractivity contribution is 5.95. The van der Waals surface area contributed by atoms with Gasteiger partial charge in [-0.2, -0.15) is 0 Å². The standard InChI is InChI=1S/C17H32N4O4/c1-11(2)9-13(20-16(23)25-17(3,4)5)15(22)19-14-10-18-8-7-12(14)21-24-6/h11,13-14,18H,7-10H2,1-6H3,(H,19,22)(H,20,23)/t13-,14?/m0/s1. The molecule has 2 atom stereocenters. The van der Waals surface area contributed by atoms with Crippen LogP contribution in [0.5, 0.6) is 0 Å². The van der Waals surface area contributed by atoms with Gasteiger partial charge in [0.05, 0.1) is 11.8 Å². The molecular formula is C17H32N4O4. The van der Waals surface area contributed by atoms with Crippen molar-refractivity contribution >= 4 is 17.7 Å². The van der Waals surface area contributed by atoms with Crippen LogP contribution in [-0.2, 0) is 14.4 Å². The minimum atomic E-state index is -0.666. The average molecular weight is 356 g/mol. The summed E-state index contributed by atoms with van der Waals surface area (Å²) in [5, 5.41) is 12.8. The maximum Gasteiger partial charge on any atom is 0.408 e. The summed E-state index contributed by atoms with van der Waals surface area (Å²) in [6, 6.07) is -0.920. The summed E-state index contributed by atoms with van der Waals surface area (Å²) >= 11 is 0. The zero-order valence-corrected chi connectivity index (χ0v) is 16.1. The number of alkyl carbamates (subject to hydrolysis) is 1. The van der Waals surface area contributed by atoms with Crippen LogP contribution in [0.2, 0.25) is 0 Å². The Hall–Kier alpha value is -1.83. The van der Waals surface area contributed by atoms with Crippen molar-refractivity contribution in [2.45, 2.75) is 65.1 Å². The van der Waals surface area contributed by atoms with Gasteiger partial charge in [0, 0.05) is 19.5 Å². The third kappa shape index (κ3) is 8.20. The van der Waals surface area contributed by atoms with Gasteiger partial charge in [-0.25, -0.2) is 4.79 Å². The van der Waals surface area contributed by atoms with Gasteiger partial charge in [0.1, 0.15) is 18.8 Å². The van der Waals surface area contributed by atoms with Gasteiger partial charge in [-0.05, 0) is 33.1 Å². The molecule has 144 valence electrons. The first kappa shape index (κ1) is 21.2. The van der Waals surface area contributed by atoms with Crippen molar-refractivity contribution < 1.29 is 19.2 Å². The Labute approximate surface area is 150 Å². The Kier molecular flexibility index (Phi) is 8.15. The summed E-state index contributed by atoms with van der Waals surface area (Å²) < 4.78 is 5.26. The average Bonchev–Trinajstić information content (AvgIpc) is 2.46. The molecule has 1 rings (SSSR count). The number of carbonyl (C=O) groups excluding carboxylic acids is 2. The van der Waals surface area contributed by atoms with Crippen molar-refractivity contribution in [1.29, 1.82) is 0 Å². The molecule has 0 saturated carbocycles. The third-order valence-corrected chi connectivity index (χ3v) is 3.55. The molecule has 1 saturated heterocycles. The lowest BCUT2D eigenvalue weighted by atomic mass is 10.0. The third-order valence-electron chi connectivity index (χ3n) is 3.55. The number of oxime groups is 1. The molecule has 1 heterocycles. The van der Waals surface area contributed by atoms with Gasteiger partial charge in [-0.15, -0.1) is 0 Å². The van der Waals surface area contributed by atoms with Gasteiger partial charge in [0.2, 0.25) is 5.91 Å². The van der Waals surface area contributed by atoms with E-state index >= 15 is 0 Å². The molecule has 8 nitrogen and oxygen atoms in total. The molecule has 0 bridgehead atoms. The van der Waals surface area contributed by atoms with Crippen molar-refractivity contribution in [2.24, 2.45) is 11.1 Å². The topological polar surface area (TPSA) is 101 Å². The molecule has 2 amide bonds. The Morgan fingerprint density at radius 2 is 2.04 bits per heavy atom. The van der Waals surface area contributed by atoms with Crippen molar-refractivity contribution in [3.8, 4) is 0 Å². The van der Waals surface area contributed by atoms with Crippen molar-refractivity contribution in [2.75, 3.05) is 20.2 Å². The maximum absolute atomic E-state index is 12.7. The minimum Gasteiger partial charge on any atom is -0.444 e. The summed E-state index contributed by atoms with van der Waals surface area (Å²) in [6.45, 7) is 10.7. The Morgan fingerprint density at radius 1 is 1.36 bits per heavy atom. The zero-order valence-electron chi connectivity index (χ0n) is 16.1. The van der Waals surface area contributed by atoms with E-state index in [2.05, 4.69) is 21.1 Å². The van der Waals surface area contributed by atoms with E-state index in [-0.39, 0.29) is 17.9 Å². The molecule has 1 unspecified atom stereocenters. The number of hydrogen-bond acceptors (Lipinski definition) is 6. The van der Waals surface area contributed by atoms with E-state index in [1.165, 1.54) is 7.11 Å². The lowest BCUT2D eigenvalue weighted by Gasteiger charge is -2.28. The summed E-state index contributed by atoms with van der Waals surface area (Å²) in [6.07, 6.45) is 0.621. The molecule has 0 aliphatic carbocycles. The summed E-state index contributed by atoms with van der Waals surface area (Å²) in [5.74, 6) is -0.0145. The van der Waals surface area contributed by atoms with Gasteiger partial charge < -0.3 is 25.5 Å². The number of hydrogen-bond donors (Lipinski definition) is 3. The van der Waals surface area contributed by atoms with Crippen LogP contribution in [0.3, 0.4) is 0 Å².